The molecule has 7 rings (SSSR count). The Labute approximate surface area is 233 Å². The minimum Gasteiger partial charge on any atom is -0.442 e. The number of cyclic esters (lactones) is 1. The number of benzene rings is 1. The Morgan fingerprint density at radius 2 is 1.98 bits per heavy atom. The lowest BCUT2D eigenvalue weighted by molar-refractivity contribution is -0.132. The number of amides is 2. The maximum atomic E-state index is 15.3. The van der Waals surface area contributed by atoms with Crippen LogP contribution in [0.15, 0.2) is 42.9 Å². The van der Waals surface area contributed by atoms with Crippen molar-refractivity contribution in [1.29, 1.82) is 5.26 Å². The van der Waals surface area contributed by atoms with E-state index in [1.807, 2.05) is 4.90 Å². The van der Waals surface area contributed by atoms with Gasteiger partial charge in [-0.05, 0) is 37.6 Å². The molecule has 3 aliphatic heterocycles. The van der Waals surface area contributed by atoms with E-state index >= 15 is 8.78 Å². The quantitative estimate of drug-likeness (QED) is 0.486. The van der Waals surface area contributed by atoms with Crippen molar-refractivity contribution in [2.75, 3.05) is 31.1 Å². The minimum atomic E-state index is -0.852. The summed E-state index contributed by atoms with van der Waals surface area (Å²) in [5.74, 6) is -1.65. The number of carbonyl (C=O) groups excluding carboxylic acids is 2. The van der Waals surface area contributed by atoms with Crippen molar-refractivity contribution < 1.29 is 23.1 Å². The maximum absolute atomic E-state index is 15.3. The zero-order valence-corrected chi connectivity index (χ0v) is 21.9. The lowest BCUT2D eigenvalue weighted by Crippen LogP contribution is -2.44. The second kappa shape index (κ2) is 9.59. The molecule has 41 heavy (non-hydrogen) atoms. The van der Waals surface area contributed by atoms with Crippen LogP contribution < -0.4 is 10.2 Å². The number of nitrogens with one attached hydrogen (secondary N) is 1. The fraction of sp³-hybridized carbons (Fsp3) is 0.429. The lowest BCUT2D eigenvalue weighted by Gasteiger charge is -2.25. The highest BCUT2D eigenvalue weighted by molar-refractivity contribution is 5.90. The number of anilines is 1. The molecule has 13 heteroatoms. The van der Waals surface area contributed by atoms with Crippen LogP contribution in [0.1, 0.15) is 18.5 Å². The summed E-state index contributed by atoms with van der Waals surface area (Å²) < 4.78 is 37.4. The van der Waals surface area contributed by atoms with Gasteiger partial charge < -0.3 is 15.0 Å². The molecule has 2 amide bonds. The molecular weight excluding hydrogens is 534 g/mol. The van der Waals surface area contributed by atoms with Gasteiger partial charge in [0.05, 0.1) is 48.3 Å². The van der Waals surface area contributed by atoms with Gasteiger partial charge in [-0.25, -0.2) is 18.3 Å². The first-order valence-corrected chi connectivity index (χ1v) is 13.6. The number of piperidine rings is 1. The average Bonchev–Trinajstić information content (AvgIpc) is 3.65. The zero-order chi connectivity index (χ0) is 28.3. The van der Waals surface area contributed by atoms with Gasteiger partial charge in [-0.3, -0.25) is 14.7 Å². The van der Waals surface area contributed by atoms with Gasteiger partial charge in [0, 0.05) is 42.9 Å². The fourth-order valence-electron chi connectivity index (χ4n) is 6.67. The Morgan fingerprint density at radius 1 is 1.20 bits per heavy atom. The lowest BCUT2D eigenvalue weighted by atomic mass is 9.95. The molecule has 1 N–H and O–H groups in total. The number of likely N-dealkylation sites (tertiary alicyclic amines) is 1. The van der Waals surface area contributed by atoms with Crippen LogP contribution in [0.2, 0.25) is 0 Å². The van der Waals surface area contributed by atoms with E-state index in [1.165, 1.54) is 22.0 Å². The Bertz CT molecular complexity index is 1520. The molecule has 2 aromatic heterocycles. The third kappa shape index (κ3) is 4.12. The third-order valence-electron chi connectivity index (χ3n) is 8.79. The van der Waals surface area contributed by atoms with Gasteiger partial charge in [-0.2, -0.15) is 5.26 Å². The number of aromatic nitrogens is 4. The molecule has 3 aromatic rings. The SMILES string of the molecule is N#CC1(c2ccc(-c3c(F)cc(N4C[C@H](Cn5ccnn5)OC4=O)cc3F)cn2)[C@@H]2CN(C(=O)[C@@H]3CCCN3)C[C@@H]21. The number of nitriles is 1. The Kier molecular flexibility index (Phi) is 5.97. The van der Waals surface area contributed by atoms with Crippen LogP contribution in [-0.4, -0.2) is 75.2 Å². The number of carbonyl (C=O) groups is 2. The van der Waals surface area contributed by atoms with Gasteiger partial charge in [0.2, 0.25) is 5.91 Å². The second-order valence-corrected chi connectivity index (χ2v) is 11.0. The van der Waals surface area contributed by atoms with E-state index in [0.29, 0.717) is 18.8 Å². The summed E-state index contributed by atoms with van der Waals surface area (Å²) in [6, 6.07) is 7.66. The fourth-order valence-corrected chi connectivity index (χ4v) is 6.67. The Balaban J connectivity index is 1.06. The van der Waals surface area contributed by atoms with E-state index in [0.717, 1.165) is 31.5 Å². The van der Waals surface area contributed by atoms with E-state index in [-0.39, 0.29) is 53.7 Å². The molecule has 1 saturated carbocycles. The van der Waals surface area contributed by atoms with Crippen LogP contribution in [-0.2, 0) is 21.5 Å². The maximum Gasteiger partial charge on any atom is 0.414 e. The highest BCUT2D eigenvalue weighted by Crippen LogP contribution is 2.62. The van der Waals surface area contributed by atoms with Crippen LogP contribution in [0, 0.1) is 34.8 Å². The number of hydrogen-bond acceptors (Lipinski definition) is 8. The monoisotopic (exact) mass is 560 g/mol. The van der Waals surface area contributed by atoms with Crippen molar-refractivity contribution in [2.45, 2.75) is 36.9 Å². The highest BCUT2D eigenvalue weighted by atomic mass is 19.1. The number of fused-ring (bicyclic) bond motifs is 1. The van der Waals surface area contributed by atoms with Crippen molar-refractivity contribution in [1.82, 2.24) is 30.2 Å². The second-order valence-electron chi connectivity index (χ2n) is 11.0. The van der Waals surface area contributed by atoms with E-state index < -0.39 is 29.2 Å². The first-order valence-electron chi connectivity index (χ1n) is 13.6. The van der Waals surface area contributed by atoms with E-state index in [4.69, 9.17) is 4.74 Å². The first-order chi connectivity index (χ1) is 19.9. The standard InChI is InChI=1S/C28H26F2N8O3/c29-21-8-17(38-12-18(41-27(38)40)11-37-7-6-34-35-37)9-22(30)25(21)16-3-4-24(33-10-16)28(15-31)19-13-36(14-20(19)28)26(39)23-2-1-5-32-23/h3-4,6-10,18-20,23,32H,1-2,5,11-14H2/t18-,19-,20+,23-,28?/m0/s1. The van der Waals surface area contributed by atoms with Crippen LogP contribution in [0.3, 0.4) is 0 Å². The van der Waals surface area contributed by atoms with Gasteiger partial charge in [0.15, 0.2) is 0 Å². The van der Waals surface area contributed by atoms with Gasteiger partial charge in [0.25, 0.3) is 0 Å². The summed E-state index contributed by atoms with van der Waals surface area (Å²) in [5.41, 5.74) is -0.284. The number of nitrogens with zero attached hydrogens (tertiary/aromatic N) is 7. The molecule has 11 nitrogen and oxygen atoms in total. The summed E-state index contributed by atoms with van der Waals surface area (Å²) in [7, 11) is 0. The molecule has 4 fully saturated rings. The van der Waals surface area contributed by atoms with Gasteiger partial charge >= 0.3 is 6.09 Å². The number of ether oxygens (including phenoxy) is 1. The van der Waals surface area contributed by atoms with Crippen molar-refractivity contribution in [3.05, 3.63) is 60.2 Å². The summed E-state index contributed by atoms with van der Waals surface area (Å²) in [6.45, 7) is 2.22. The van der Waals surface area contributed by atoms with Gasteiger partial charge in [0.1, 0.15) is 23.2 Å². The average molecular weight is 561 g/mol. The Morgan fingerprint density at radius 3 is 2.59 bits per heavy atom. The molecule has 4 aliphatic rings. The molecule has 0 radical (unpaired) electrons. The number of hydrogen-bond donors (Lipinski definition) is 1. The summed E-state index contributed by atoms with van der Waals surface area (Å²) in [4.78, 5) is 32.7. The van der Waals surface area contributed by atoms with Crippen molar-refractivity contribution in [2.24, 2.45) is 11.8 Å². The molecule has 1 aliphatic carbocycles. The van der Waals surface area contributed by atoms with Gasteiger partial charge in [-0.15, -0.1) is 5.10 Å². The first kappa shape index (κ1) is 25.5. The molecule has 210 valence electrons. The molecule has 1 aromatic carbocycles. The molecule has 3 saturated heterocycles. The van der Waals surface area contributed by atoms with E-state index in [1.54, 1.807) is 18.3 Å². The third-order valence-corrected chi connectivity index (χ3v) is 8.79. The topological polar surface area (TPSA) is 129 Å². The predicted molar refractivity (Wildman–Crippen MR) is 139 cm³/mol. The smallest absolute Gasteiger partial charge is 0.414 e. The predicted octanol–water partition coefficient (Wildman–Crippen LogP) is 2.25. The summed E-state index contributed by atoms with van der Waals surface area (Å²) in [5, 5.41) is 20.9. The molecule has 0 spiro atoms. The normalized spacial score (nSPS) is 28.5. The van der Waals surface area contributed by atoms with Crippen molar-refractivity contribution in [3.8, 4) is 17.2 Å². The van der Waals surface area contributed by atoms with Crippen LogP contribution in [0.4, 0.5) is 19.3 Å². The Hall–Kier alpha value is -4.44. The van der Waals surface area contributed by atoms with Crippen LogP contribution >= 0.6 is 0 Å². The van der Waals surface area contributed by atoms with E-state index in [2.05, 4.69) is 26.7 Å². The van der Waals surface area contributed by atoms with Crippen molar-refractivity contribution in [3.63, 3.8) is 0 Å². The molecule has 5 atom stereocenters. The summed E-state index contributed by atoms with van der Waals surface area (Å²) >= 11 is 0. The number of halogens is 2. The summed E-state index contributed by atoms with van der Waals surface area (Å²) in [6.07, 6.45) is 5.06. The molecule has 5 heterocycles. The van der Waals surface area contributed by atoms with Crippen molar-refractivity contribution >= 4 is 17.7 Å². The van der Waals surface area contributed by atoms with Crippen LogP contribution in [0.25, 0.3) is 11.1 Å². The van der Waals surface area contributed by atoms with Gasteiger partial charge in [-0.1, -0.05) is 11.3 Å². The van der Waals surface area contributed by atoms with E-state index in [9.17, 15) is 14.9 Å². The molecular formula is C28H26F2N8O3. The highest BCUT2D eigenvalue weighted by Gasteiger charge is 2.71. The minimum absolute atomic E-state index is 0.0161. The molecule has 1 unspecified atom stereocenters. The number of pyridine rings is 1. The van der Waals surface area contributed by atoms with Crippen LogP contribution in [0.5, 0.6) is 0 Å². The zero-order valence-electron chi connectivity index (χ0n) is 21.9. The molecule has 0 bridgehead atoms. The number of rotatable bonds is 6. The largest absolute Gasteiger partial charge is 0.442 e.